The van der Waals surface area contributed by atoms with Gasteiger partial charge in [-0.3, -0.25) is 0 Å². The number of fused-ring (bicyclic) bond motifs is 1. The molecular formula is C17H27NO. The van der Waals surface area contributed by atoms with Crippen LogP contribution in [0.2, 0.25) is 0 Å². The SMILES string of the molecule is CCNC1c2ccccc2CC1OCCC(C)(C)C. The van der Waals surface area contributed by atoms with E-state index < -0.39 is 0 Å². The highest BCUT2D eigenvalue weighted by Crippen LogP contribution is 2.33. The molecule has 0 aromatic heterocycles. The smallest absolute Gasteiger partial charge is 0.0810 e. The summed E-state index contributed by atoms with van der Waals surface area (Å²) in [6.45, 7) is 10.8. The second-order valence-electron chi connectivity index (χ2n) is 6.66. The number of likely N-dealkylation sites (N-methyl/N-ethyl adjacent to an activating group) is 1. The topological polar surface area (TPSA) is 21.3 Å². The molecule has 0 amide bonds. The van der Waals surface area contributed by atoms with Crippen molar-refractivity contribution in [2.45, 2.75) is 52.7 Å². The van der Waals surface area contributed by atoms with E-state index in [9.17, 15) is 0 Å². The van der Waals surface area contributed by atoms with Gasteiger partial charge in [0.1, 0.15) is 0 Å². The third kappa shape index (κ3) is 3.80. The third-order valence-electron chi connectivity index (χ3n) is 3.79. The maximum absolute atomic E-state index is 6.16. The molecule has 0 bridgehead atoms. The van der Waals surface area contributed by atoms with Gasteiger partial charge in [-0.25, -0.2) is 0 Å². The number of hydrogen-bond acceptors (Lipinski definition) is 2. The van der Waals surface area contributed by atoms with E-state index in [2.05, 4.69) is 57.3 Å². The van der Waals surface area contributed by atoms with Gasteiger partial charge in [-0.05, 0) is 29.5 Å². The number of rotatable bonds is 5. The predicted molar refractivity (Wildman–Crippen MR) is 80.4 cm³/mol. The summed E-state index contributed by atoms with van der Waals surface area (Å²) >= 11 is 0. The molecule has 0 saturated heterocycles. The van der Waals surface area contributed by atoms with Crippen molar-refractivity contribution in [2.24, 2.45) is 5.41 Å². The maximum atomic E-state index is 6.16. The number of benzene rings is 1. The normalized spacial score (nSPS) is 22.5. The van der Waals surface area contributed by atoms with E-state index in [1.807, 2.05) is 0 Å². The van der Waals surface area contributed by atoms with E-state index in [0.717, 1.165) is 26.0 Å². The van der Waals surface area contributed by atoms with Crippen LogP contribution in [-0.2, 0) is 11.2 Å². The van der Waals surface area contributed by atoms with Gasteiger partial charge < -0.3 is 10.1 Å². The molecule has 0 saturated carbocycles. The Balaban J connectivity index is 1.98. The zero-order chi connectivity index (χ0) is 13.9. The maximum Gasteiger partial charge on any atom is 0.0810 e. The van der Waals surface area contributed by atoms with Crippen molar-refractivity contribution in [3.63, 3.8) is 0 Å². The summed E-state index contributed by atoms with van der Waals surface area (Å²) in [5, 5.41) is 3.57. The van der Waals surface area contributed by atoms with Crippen molar-refractivity contribution in [3.05, 3.63) is 35.4 Å². The molecule has 1 aromatic carbocycles. The first-order chi connectivity index (χ1) is 9.01. The zero-order valence-electron chi connectivity index (χ0n) is 12.7. The van der Waals surface area contributed by atoms with Gasteiger partial charge in [0, 0.05) is 13.0 Å². The van der Waals surface area contributed by atoms with Crippen molar-refractivity contribution in [3.8, 4) is 0 Å². The highest BCUT2D eigenvalue weighted by atomic mass is 16.5. The summed E-state index contributed by atoms with van der Waals surface area (Å²) < 4.78 is 6.16. The summed E-state index contributed by atoms with van der Waals surface area (Å²) in [4.78, 5) is 0. The van der Waals surface area contributed by atoms with Gasteiger partial charge >= 0.3 is 0 Å². The molecular weight excluding hydrogens is 234 g/mol. The molecule has 2 heteroatoms. The van der Waals surface area contributed by atoms with Crippen molar-refractivity contribution >= 4 is 0 Å². The van der Waals surface area contributed by atoms with Gasteiger partial charge in [-0.1, -0.05) is 52.0 Å². The molecule has 2 atom stereocenters. The Kier molecular flexibility index (Phi) is 4.64. The predicted octanol–water partition coefficient (Wildman–Crippen LogP) is 3.71. The standard InChI is InChI=1S/C17H27NO/c1-5-18-16-14-9-7-6-8-13(14)12-15(16)19-11-10-17(2,3)4/h6-9,15-16,18H,5,10-12H2,1-4H3. The molecule has 2 nitrogen and oxygen atoms in total. The summed E-state index contributed by atoms with van der Waals surface area (Å²) in [6, 6.07) is 9.07. The van der Waals surface area contributed by atoms with Crippen LogP contribution < -0.4 is 5.32 Å². The number of ether oxygens (including phenoxy) is 1. The van der Waals surface area contributed by atoms with E-state index in [1.54, 1.807) is 0 Å². The first kappa shape index (κ1) is 14.5. The average molecular weight is 261 g/mol. The van der Waals surface area contributed by atoms with Gasteiger partial charge in [0.05, 0.1) is 12.1 Å². The lowest BCUT2D eigenvalue weighted by Gasteiger charge is -2.24. The fourth-order valence-corrected chi connectivity index (χ4v) is 2.69. The monoisotopic (exact) mass is 261 g/mol. The van der Waals surface area contributed by atoms with Gasteiger partial charge in [0.15, 0.2) is 0 Å². The second kappa shape index (κ2) is 6.06. The first-order valence-corrected chi connectivity index (χ1v) is 7.44. The van der Waals surface area contributed by atoms with Crippen molar-refractivity contribution in [1.29, 1.82) is 0 Å². The molecule has 1 N–H and O–H groups in total. The van der Waals surface area contributed by atoms with Crippen LogP contribution in [0, 0.1) is 5.41 Å². The van der Waals surface area contributed by atoms with Crippen LogP contribution in [0.25, 0.3) is 0 Å². The molecule has 19 heavy (non-hydrogen) atoms. The lowest BCUT2D eigenvalue weighted by Crippen LogP contribution is -2.31. The summed E-state index contributed by atoms with van der Waals surface area (Å²) in [5.41, 5.74) is 3.21. The van der Waals surface area contributed by atoms with E-state index in [0.29, 0.717) is 17.6 Å². The quantitative estimate of drug-likeness (QED) is 0.872. The minimum absolute atomic E-state index is 0.291. The molecule has 1 aromatic rings. The Labute approximate surface area is 117 Å². The Morgan fingerprint density at radius 1 is 1.26 bits per heavy atom. The van der Waals surface area contributed by atoms with Crippen LogP contribution in [0.15, 0.2) is 24.3 Å². The fraction of sp³-hybridized carbons (Fsp3) is 0.647. The van der Waals surface area contributed by atoms with Crippen LogP contribution in [-0.4, -0.2) is 19.3 Å². The molecule has 1 aliphatic carbocycles. The zero-order valence-corrected chi connectivity index (χ0v) is 12.7. The van der Waals surface area contributed by atoms with E-state index in [-0.39, 0.29) is 0 Å². The summed E-state index contributed by atoms with van der Waals surface area (Å²) in [6.07, 6.45) is 2.44. The molecule has 1 aliphatic rings. The minimum atomic E-state index is 0.291. The van der Waals surface area contributed by atoms with Gasteiger partial charge in [0.2, 0.25) is 0 Å². The molecule has 0 spiro atoms. The fourth-order valence-electron chi connectivity index (χ4n) is 2.69. The molecule has 106 valence electrons. The summed E-state index contributed by atoms with van der Waals surface area (Å²) in [5.74, 6) is 0. The van der Waals surface area contributed by atoms with Crippen molar-refractivity contribution in [1.82, 2.24) is 5.32 Å². The Hall–Kier alpha value is -0.860. The van der Waals surface area contributed by atoms with Crippen LogP contribution in [0.4, 0.5) is 0 Å². The lowest BCUT2D eigenvalue weighted by atomic mass is 9.93. The highest BCUT2D eigenvalue weighted by molar-refractivity contribution is 5.36. The van der Waals surface area contributed by atoms with Gasteiger partial charge in [-0.15, -0.1) is 0 Å². The van der Waals surface area contributed by atoms with E-state index >= 15 is 0 Å². The highest BCUT2D eigenvalue weighted by Gasteiger charge is 2.32. The van der Waals surface area contributed by atoms with Crippen LogP contribution in [0.3, 0.4) is 0 Å². The molecule has 0 heterocycles. The molecule has 0 radical (unpaired) electrons. The van der Waals surface area contributed by atoms with Crippen LogP contribution >= 0.6 is 0 Å². The van der Waals surface area contributed by atoms with Crippen LogP contribution in [0.1, 0.15) is 51.3 Å². The Morgan fingerprint density at radius 2 is 2.00 bits per heavy atom. The van der Waals surface area contributed by atoms with Gasteiger partial charge in [-0.2, -0.15) is 0 Å². The number of nitrogens with one attached hydrogen (secondary N) is 1. The van der Waals surface area contributed by atoms with Crippen LogP contribution in [0.5, 0.6) is 0 Å². The average Bonchev–Trinajstić information content (AvgIpc) is 2.67. The summed E-state index contributed by atoms with van der Waals surface area (Å²) in [7, 11) is 0. The second-order valence-corrected chi connectivity index (χ2v) is 6.66. The molecule has 0 fully saturated rings. The van der Waals surface area contributed by atoms with Crippen molar-refractivity contribution < 1.29 is 4.74 Å². The number of hydrogen-bond donors (Lipinski definition) is 1. The molecule has 2 rings (SSSR count). The molecule has 0 aliphatic heterocycles. The van der Waals surface area contributed by atoms with Crippen molar-refractivity contribution in [2.75, 3.05) is 13.2 Å². The Morgan fingerprint density at radius 3 is 2.68 bits per heavy atom. The van der Waals surface area contributed by atoms with Gasteiger partial charge in [0.25, 0.3) is 0 Å². The largest absolute Gasteiger partial charge is 0.376 e. The van der Waals surface area contributed by atoms with E-state index in [4.69, 9.17) is 4.74 Å². The Bertz CT molecular complexity index is 408. The first-order valence-electron chi connectivity index (χ1n) is 7.44. The third-order valence-corrected chi connectivity index (χ3v) is 3.79. The molecule has 2 unspecified atom stereocenters. The van der Waals surface area contributed by atoms with E-state index in [1.165, 1.54) is 11.1 Å². The minimum Gasteiger partial charge on any atom is -0.376 e. The lowest BCUT2D eigenvalue weighted by molar-refractivity contribution is 0.0217.